The Morgan fingerprint density at radius 2 is 1.79 bits per heavy atom. The van der Waals surface area contributed by atoms with Gasteiger partial charge >= 0.3 is 0 Å². The average Bonchev–Trinajstić information content (AvgIpc) is 3.14. The van der Waals surface area contributed by atoms with Crippen LogP contribution in [-0.4, -0.2) is 46.4 Å². The van der Waals surface area contributed by atoms with Crippen molar-refractivity contribution in [3.63, 3.8) is 0 Å². The Morgan fingerprint density at radius 3 is 2.38 bits per heavy atom. The molecule has 2 amide bonds. The average molecular weight is 421 g/mol. The van der Waals surface area contributed by atoms with Crippen LogP contribution in [0, 0.1) is 5.41 Å². The number of likely N-dealkylation sites (tertiary alicyclic amines) is 1. The van der Waals surface area contributed by atoms with Crippen molar-refractivity contribution < 1.29 is 9.59 Å². The summed E-state index contributed by atoms with van der Waals surface area (Å²) in [6.45, 7) is 8.78. The predicted molar refractivity (Wildman–Crippen MR) is 118 cm³/mol. The van der Waals surface area contributed by atoms with Gasteiger partial charge in [0.05, 0.1) is 0 Å². The molecule has 7 heteroatoms. The second-order valence-corrected chi connectivity index (χ2v) is 10.7. The normalized spacial score (nSPS) is 20.9. The molecular weight excluding hydrogens is 384 g/mol. The molecule has 29 heavy (non-hydrogen) atoms. The summed E-state index contributed by atoms with van der Waals surface area (Å²) in [6.07, 6.45) is 9.85. The van der Waals surface area contributed by atoms with Crippen molar-refractivity contribution in [3.05, 3.63) is 11.6 Å². The lowest BCUT2D eigenvalue weighted by atomic mass is 9.69. The summed E-state index contributed by atoms with van der Waals surface area (Å²) in [5.41, 5.74) is -0.0261. The van der Waals surface area contributed by atoms with E-state index in [9.17, 15) is 9.59 Å². The molecule has 2 heterocycles. The monoisotopic (exact) mass is 420 g/mol. The first kappa shape index (κ1) is 22.2. The Morgan fingerprint density at radius 1 is 1.14 bits per heavy atom. The first-order chi connectivity index (χ1) is 13.8. The number of piperidine rings is 1. The van der Waals surface area contributed by atoms with Crippen LogP contribution >= 0.6 is 11.3 Å². The summed E-state index contributed by atoms with van der Waals surface area (Å²) in [4.78, 5) is 32.1. The van der Waals surface area contributed by atoms with Crippen molar-refractivity contribution in [3.8, 4) is 0 Å². The molecule has 0 bridgehead atoms. The van der Waals surface area contributed by atoms with Crippen molar-refractivity contribution >= 4 is 28.3 Å². The van der Waals surface area contributed by atoms with E-state index in [0.29, 0.717) is 18.0 Å². The summed E-state index contributed by atoms with van der Waals surface area (Å²) in [5.74, 6) is 0.0938. The molecule has 0 radical (unpaired) electrons. The third-order valence-corrected chi connectivity index (χ3v) is 7.16. The Labute approximate surface area is 178 Å². The first-order valence-electron chi connectivity index (χ1n) is 11.0. The molecule has 0 atom stereocenters. The van der Waals surface area contributed by atoms with E-state index in [1.54, 1.807) is 6.20 Å². The highest BCUT2D eigenvalue weighted by Crippen LogP contribution is 2.42. The topological polar surface area (TPSA) is 74.3 Å². The highest BCUT2D eigenvalue weighted by molar-refractivity contribution is 7.13. The molecule has 1 aromatic heterocycles. The highest BCUT2D eigenvalue weighted by Gasteiger charge is 2.37. The Hall–Kier alpha value is -1.47. The van der Waals surface area contributed by atoms with Crippen LogP contribution in [0.25, 0.3) is 0 Å². The molecule has 0 unspecified atom stereocenters. The quantitative estimate of drug-likeness (QED) is 0.724. The summed E-state index contributed by atoms with van der Waals surface area (Å²) in [7, 11) is 0. The van der Waals surface area contributed by atoms with E-state index >= 15 is 0 Å². The van der Waals surface area contributed by atoms with Crippen LogP contribution < -0.4 is 10.6 Å². The van der Waals surface area contributed by atoms with Crippen LogP contribution in [0.1, 0.15) is 78.6 Å². The lowest BCUT2D eigenvalue weighted by molar-refractivity contribution is -0.126. The molecular formula is C22H36N4O2S. The van der Waals surface area contributed by atoms with Gasteiger partial charge in [0.1, 0.15) is 0 Å². The maximum Gasteiger partial charge on any atom is 0.226 e. The molecule has 2 N–H and O–H groups in total. The molecule has 2 fully saturated rings. The van der Waals surface area contributed by atoms with Crippen LogP contribution in [0.2, 0.25) is 0 Å². The number of nitrogens with zero attached hydrogens (tertiary/aromatic N) is 2. The molecule has 0 spiro atoms. The van der Waals surface area contributed by atoms with Gasteiger partial charge in [-0.2, -0.15) is 0 Å². The minimum Gasteiger partial charge on any atom is -0.353 e. The van der Waals surface area contributed by atoms with Crippen LogP contribution in [0.3, 0.4) is 0 Å². The maximum atomic E-state index is 12.9. The lowest BCUT2D eigenvalue weighted by Crippen LogP contribution is -2.51. The van der Waals surface area contributed by atoms with Gasteiger partial charge in [0.2, 0.25) is 11.8 Å². The zero-order chi connectivity index (χ0) is 20.9. The molecule has 1 aliphatic carbocycles. The zero-order valence-corrected chi connectivity index (χ0v) is 18.9. The van der Waals surface area contributed by atoms with Crippen LogP contribution in [0.4, 0.5) is 5.13 Å². The van der Waals surface area contributed by atoms with Gasteiger partial charge in [-0.1, -0.05) is 19.3 Å². The molecule has 3 rings (SSSR count). The van der Waals surface area contributed by atoms with Gasteiger partial charge in [-0.15, -0.1) is 11.3 Å². The van der Waals surface area contributed by atoms with E-state index in [1.165, 1.54) is 17.8 Å². The van der Waals surface area contributed by atoms with Gasteiger partial charge < -0.3 is 10.6 Å². The van der Waals surface area contributed by atoms with Gasteiger partial charge in [0.15, 0.2) is 5.13 Å². The summed E-state index contributed by atoms with van der Waals surface area (Å²) >= 11 is 1.42. The number of rotatable bonds is 6. The molecule has 0 aromatic carbocycles. The van der Waals surface area contributed by atoms with Gasteiger partial charge in [-0.3, -0.25) is 14.5 Å². The number of anilines is 1. The number of carbonyl (C=O) groups excluding carboxylic acids is 2. The van der Waals surface area contributed by atoms with Crippen LogP contribution in [0.15, 0.2) is 11.6 Å². The molecule has 2 aliphatic rings. The zero-order valence-electron chi connectivity index (χ0n) is 18.1. The van der Waals surface area contributed by atoms with Crippen molar-refractivity contribution in [2.75, 3.05) is 18.4 Å². The highest BCUT2D eigenvalue weighted by atomic mass is 32.1. The maximum absolute atomic E-state index is 12.9. The number of aromatic nitrogens is 1. The van der Waals surface area contributed by atoms with Crippen molar-refractivity contribution in [2.24, 2.45) is 5.41 Å². The van der Waals surface area contributed by atoms with E-state index in [4.69, 9.17) is 0 Å². The number of hydrogen-bond acceptors (Lipinski definition) is 5. The van der Waals surface area contributed by atoms with Crippen LogP contribution in [-0.2, 0) is 9.59 Å². The summed E-state index contributed by atoms with van der Waals surface area (Å²) < 4.78 is 0. The number of carbonyl (C=O) groups is 2. The SMILES string of the molecule is CC(C)(C)N1CCC(NC(=O)CC2(CC(=O)Nc3nccs3)CCCCC2)CC1. The van der Waals surface area contributed by atoms with Gasteiger partial charge in [0.25, 0.3) is 0 Å². The predicted octanol–water partition coefficient (Wildman–Crippen LogP) is 4.19. The van der Waals surface area contributed by atoms with E-state index in [2.05, 4.69) is 41.3 Å². The third kappa shape index (κ3) is 6.51. The van der Waals surface area contributed by atoms with E-state index < -0.39 is 0 Å². The Kier molecular flexibility index (Phi) is 7.32. The minimum absolute atomic E-state index is 0.0202. The fraction of sp³-hybridized carbons (Fsp3) is 0.773. The van der Waals surface area contributed by atoms with Crippen molar-refractivity contribution in [2.45, 2.75) is 90.1 Å². The standard InChI is InChI=1S/C22H36N4O2S/c1-21(2,3)26-12-7-17(8-13-26)24-18(27)15-22(9-5-4-6-10-22)16-19(28)25-20-23-11-14-29-20/h11,14,17H,4-10,12-13,15-16H2,1-3H3,(H,24,27)(H,23,25,28). The summed E-state index contributed by atoms with van der Waals surface area (Å²) in [5, 5.41) is 8.66. The first-order valence-corrected chi connectivity index (χ1v) is 11.9. The van der Waals surface area contributed by atoms with Gasteiger partial charge in [-0.25, -0.2) is 4.98 Å². The molecule has 162 valence electrons. The largest absolute Gasteiger partial charge is 0.353 e. The second-order valence-electron chi connectivity index (χ2n) is 9.80. The molecule has 1 saturated carbocycles. The Balaban J connectivity index is 1.53. The molecule has 1 aliphatic heterocycles. The smallest absolute Gasteiger partial charge is 0.226 e. The molecule has 1 saturated heterocycles. The van der Waals surface area contributed by atoms with E-state index in [1.807, 2.05) is 5.38 Å². The number of nitrogens with one attached hydrogen (secondary N) is 2. The minimum atomic E-state index is -0.213. The number of hydrogen-bond donors (Lipinski definition) is 2. The van der Waals surface area contributed by atoms with Crippen molar-refractivity contribution in [1.29, 1.82) is 0 Å². The van der Waals surface area contributed by atoms with Crippen LogP contribution in [0.5, 0.6) is 0 Å². The summed E-state index contributed by atoms with van der Waals surface area (Å²) in [6, 6.07) is 0.255. The van der Waals surface area contributed by atoms with Gasteiger partial charge in [-0.05, 0) is 51.9 Å². The van der Waals surface area contributed by atoms with Crippen molar-refractivity contribution in [1.82, 2.24) is 15.2 Å². The molecule has 6 nitrogen and oxygen atoms in total. The lowest BCUT2D eigenvalue weighted by Gasteiger charge is -2.41. The molecule has 1 aromatic rings. The van der Waals surface area contributed by atoms with Gasteiger partial charge in [0, 0.05) is 49.1 Å². The fourth-order valence-electron chi connectivity index (χ4n) is 4.82. The second kappa shape index (κ2) is 9.56. The third-order valence-electron chi connectivity index (χ3n) is 6.47. The number of amides is 2. The number of thiazole rings is 1. The Bertz CT molecular complexity index is 669. The fourth-order valence-corrected chi connectivity index (χ4v) is 5.37. The van der Waals surface area contributed by atoms with E-state index in [0.717, 1.165) is 51.6 Å². The van der Waals surface area contributed by atoms with E-state index in [-0.39, 0.29) is 28.8 Å².